The summed E-state index contributed by atoms with van der Waals surface area (Å²) in [5.74, 6) is 1.40. The Labute approximate surface area is 170 Å². The molecule has 0 spiro atoms. The molecule has 0 radical (unpaired) electrons. The molecule has 1 heterocycles. The number of ether oxygens (including phenoxy) is 2. The first-order valence-corrected chi connectivity index (χ1v) is 10.2. The molecule has 0 saturated carbocycles. The molecule has 0 aliphatic rings. The second-order valence-electron chi connectivity index (χ2n) is 6.54. The lowest BCUT2D eigenvalue weighted by Crippen LogP contribution is -2.30. The van der Waals surface area contributed by atoms with E-state index < -0.39 is 0 Å². The topological polar surface area (TPSA) is 38.8 Å². The maximum absolute atomic E-state index is 12.8. The molecular weight excluding hydrogens is 370 g/mol. The van der Waals surface area contributed by atoms with E-state index >= 15 is 0 Å². The Kier molecular flexibility index (Phi) is 6.71. The number of nitrogens with zero attached hydrogens (tertiary/aromatic N) is 1. The van der Waals surface area contributed by atoms with Crippen LogP contribution in [-0.4, -0.2) is 24.5 Å². The molecule has 0 atom stereocenters. The average molecular weight is 396 g/mol. The highest BCUT2D eigenvalue weighted by atomic mass is 32.1. The van der Waals surface area contributed by atoms with Crippen molar-refractivity contribution in [1.82, 2.24) is 4.90 Å². The quantitative estimate of drug-likeness (QED) is 0.519. The van der Waals surface area contributed by atoms with Gasteiger partial charge in [0.2, 0.25) is 0 Å². The highest BCUT2D eigenvalue weighted by Gasteiger charge is 2.16. The molecule has 0 unspecified atom stereocenters. The third kappa shape index (κ3) is 4.93. The zero-order chi connectivity index (χ0) is 19.9. The predicted molar refractivity (Wildman–Crippen MR) is 113 cm³/mol. The van der Waals surface area contributed by atoms with Gasteiger partial charge in [-0.25, -0.2) is 0 Å². The normalized spacial score (nSPS) is 10.5. The van der Waals surface area contributed by atoms with E-state index in [-0.39, 0.29) is 5.91 Å². The molecule has 146 valence electrons. The van der Waals surface area contributed by atoms with Crippen molar-refractivity contribution >= 4 is 17.2 Å². The van der Waals surface area contributed by atoms with Crippen LogP contribution in [0.5, 0.6) is 11.5 Å². The van der Waals surface area contributed by atoms with Gasteiger partial charge in [-0.2, -0.15) is 0 Å². The second-order valence-corrected chi connectivity index (χ2v) is 7.57. The summed E-state index contributed by atoms with van der Waals surface area (Å²) in [6.07, 6.45) is 0. The summed E-state index contributed by atoms with van der Waals surface area (Å²) < 4.78 is 11.4. The monoisotopic (exact) mass is 395 g/mol. The Hall–Kier alpha value is -2.79. The summed E-state index contributed by atoms with van der Waals surface area (Å²) in [6.45, 7) is 5.67. The van der Waals surface area contributed by atoms with Gasteiger partial charge < -0.3 is 14.4 Å². The van der Waals surface area contributed by atoms with Gasteiger partial charge in [-0.3, -0.25) is 4.79 Å². The van der Waals surface area contributed by atoms with E-state index in [4.69, 9.17) is 9.47 Å². The van der Waals surface area contributed by atoms with Crippen molar-refractivity contribution in [3.05, 3.63) is 81.5 Å². The summed E-state index contributed by atoms with van der Waals surface area (Å²) in [6, 6.07) is 17.6. The Morgan fingerprint density at radius 2 is 1.86 bits per heavy atom. The number of thiophene rings is 1. The van der Waals surface area contributed by atoms with E-state index in [1.54, 1.807) is 18.4 Å². The van der Waals surface area contributed by atoms with Crippen molar-refractivity contribution in [2.24, 2.45) is 0 Å². The first-order chi connectivity index (χ1) is 13.6. The van der Waals surface area contributed by atoms with E-state index in [1.807, 2.05) is 78.7 Å². The molecule has 28 heavy (non-hydrogen) atoms. The molecule has 1 amide bonds. The molecule has 0 bridgehead atoms. The van der Waals surface area contributed by atoms with Crippen LogP contribution in [-0.2, 0) is 13.2 Å². The molecule has 0 aliphatic heterocycles. The van der Waals surface area contributed by atoms with Gasteiger partial charge in [0, 0.05) is 23.5 Å². The maximum atomic E-state index is 12.8. The number of benzene rings is 2. The summed E-state index contributed by atoms with van der Waals surface area (Å²) in [4.78, 5) is 15.8. The molecule has 4 nitrogen and oxygen atoms in total. The lowest BCUT2D eigenvalue weighted by Gasteiger charge is -2.22. The van der Waals surface area contributed by atoms with Gasteiger partial charge in [0.15, 0.2) is 11.5 Å². The van der Waals surface area contributed by atoms with E-state index in [9.17, 15) is 4.79 Å². The number of hydrogen-bond acceptors (Lipinski definition) is 4. The van der Waals surface area contributed by atoms with Gasteiger partial charge in [0.05, 0.1) is 7.11 Å². The minimum absolute atomic E-state index is 0.0273. The van der Waals surface area contributed by atoms with Crippen LogP contribution >= 0.6 is 11.3 Å². The van der Waals surface area contributed by atoms with Gasteiger partial charge in [-0.1, -0.05) is 29.8 Å². The van der Waals surface area contributed by atoms with Crippen LogP contribution in [0.1, 0.15) is 33.3 Å². The molecule has 2 aromatic carbocycles. The van der Waals surface area contributed by atoms with Crippen LogP contribution in [0.15, 0.2) is 60.0 Å². The van der Waals surface area contributed by atoms with E-state index in [2.05, 4.69) is 0 Å². The molecule has 0 N–H and O–H groups in total. The first-order valence-electron chi connectivity index (χ1n) is 9.28. The molecule has 1 aromatic heterocycles. The Balaban J connectivity index is 1.71. The van der Waals surface area contributed by atoms with Crippen molar-refractivity contribution < 1.29 is 14.3 Å². The lowest BCUT2D eigenvalue weighted by atomic mass is 10.1. The fourth-order valence-corrected chi connectivity index (χ4v) is 3.52. The summed E-state index contributed by atoms with van der Waals surface area (Å²) in [5.41, 5.74) is 2.85. The standard InChI is InChI=1S/C23H25NO3S/c1-4-24(23(25)19-10-7-17(2)8-11-19)15-18-9-12-21(22(14-18)26-3)27-16-20-6-5-13-28-20/h5-14H,4,15-16H2,1-3H3. The van der Waals surface area contributed by atoms with Crippen LogP contribution in [0.2, 0.25) is 0 Å². The number of carbonyl (C=O) groups excluding carboxylic acids is 1. The maximum Gasteiger partial charge on any atom is 0.254 e. The summed E-state index contributed by atoms with van der Waals surface area (Å²) in [5, 5.41) is 2.03. The van der Waals surface area contributed by atoms with E-state index in [0.29, 0.717) is 36.8 Å². The van der Waals surface area contributed by atoms with Crippen molar-refractivity contribution in [2.75, 3.05) is 13.7 Å². The minimum atomic E-state index is 0.0273. The third-order valence-corrected chi connectivity index (χ3v) is 5.37. The average Bonchev–Trinajstić information content (AvgIpc) is 3.24. The Morgan fingerprint density at radius 3 is 2.50 bits per heavy atom. The van der Waals surface area contributed by atoms with Gasteiger partial charge in [0.1, 0.15) is 6.61 Å². The third-order valence-electron chi connectivity index (χ3n) is 4.52. The van der Waals surface area contributed by atoms with Gasteiger partial charge in [0.25, 0.3) is 5.91 Å². The van der Waals surface area contributed by atoms with E-state index in [0.717, 1.165) is 16.0 Å². The first kappa shape index (κ1) is 20.0. The van der Waals surface area contributed by atoms with Crippen LogP contribution < -0.4 is 9.47 Å². The molecular formula is C23H25NO3S. The fourth-order valence-electron chi connectivity index (χ4n) is 2.90. The number of carbonyl (C=O) groups is 1. The Bertz CT molecular complexity index is 904. The molecule has 0 aliphatic carbocycles. The van der Waals surface area contributed by atoms with Crippen molar-refractivity contribution in [3.8, 4) is 11.5 Å². The SMILES string of the molecule is CCN(Cc1ccc(OCc2cccs2)c(OC)c1)C(=O)c1ccc(C)cc1. The highest BCUT2D eigenvalue weighted by Crippen LogP contribution is 2.30. The predicted octanol–water partition coefficient (Wildman–Crippen LogP) is 5.31. The van der Waals surface area contributed by atoms with Crippen LogP contribution in [0.3, 0.4) is 0 Å². The smallest absolute Gasteiger partial charge is 0.254 e. The van der Waals surface area contributed by atoms with E-state index in [1.165, 1.54) is 0 Å². The molecule has 0 fully saturated rings. The highest BCUT2D eigenvalue weighted by molar-refractivity contribution is 7.09. The molecule has 3 aromatic rings. The Morgan fingerprint density at radius 1 is 1.07 bits per heavy atom. The van der Waals surface area contributed by atoms with Gasteiger partial charge in [-0.15, -0.1) is 11.3 Å². The number of hydrogen-bond donors (Lipinski definition) is 0. The zero-order valence-electron chi connectivity index (χ0n) is 16.5. The van der Waals surface area contributed by atoms with Crippen molar-refractivity contribution in [2.45, 2.75) is 27.0 Å². The van der Waals surface area contributed by atoms with Crippen molar-refractivity contribution in [1.29, 1.82) is 0 Å². The molecule has 5 heteroatoms. The largest absolute Gasteiger partial charge is 0.493 e. The van der Waals surface area contributed by atoms with Crippen molar-refractivity contribution in [3.63, 3.8) is 0 Å². The van der Waals surface area contributed by atoms with Gasteiger partial charge in [-0.05, 0) is 55.1 Å². The molecule has 3 rings (SSSR count). The zero-order valence-corrected chi connectivity index (χ0v) is 17.3. The summed E-state index contributed by atoms with van der Waals surface area (Å²) >= 11 is 1.66. The number of amides is 1. The van der Waals surface area contributed by atoms with Crippen LogP contribution in [0.25, 0.3) is 0 Å². The number of aryl methyl sites for hydroxylation is 1. The second kappa shape index (κ2) is 9.42. The van der Waals surface area contributed by atoms with Gasteiger partial charge >= 0.3 is 0 Å². The number of methoxy groups -OCH3 is 1. The lowest BCUT2D eigenvalue weighted by molar-refractivity contribution is 0.0752. The summed E-state index contributed by atoms with van der Waals surface area (Å²) in [7, 11) is 1.63. The van der Waals surface area contributed by atoms with Crippen LogP contribution in [0, 0.1) is 6.92 Å². The van der Waals surface area contributed by atoms with Crippen LogP contribution in [0.4, 0.5) is 0 Å². The minimum Gasteiger partial charge on any atom is -0.493 e. The fraction of sp³-hybridized carbons (Fsp3) is 0.261. The number of rotatable bonds is 8. The molecule has 0 saturated heterocycles.